The van der Waals surface area contributed by atoms with Gasteiger partial charge in [0.2, 0.25) is 5.82 Å². The van der Waals surface area contributed by atoms with E-state index in [2.05, 4.69) is 9.97 Å². The maximum atomic E-state index is 13.0. The molecule has 2 rings (SSSR count). The highest BCUT2D eigenvalue weighted by Crippen LogP contribution is 2.26. The van der Waals surface area contributed by atoms with Crippen molar-refractivity contribution >= 4 is 33.1 Å². The summed E-state index contributed by atoms with van der Waals surface area (Å²) in [6, 6.07) is 2.85. The highest BCUT2D eigenvalue weighted by molar-refractivity contribution is 7.92. The minimum Gasteiger partial charge on any atom is -0.260 e. The van der Waals surface area contributed by atoms with E-state index in [1.165, 1.54) is 0 Å². The van der Waals surface area contributed by atoms with Gasteiger partial charge in [0.1, 0.15) is 15.9 Å². The van der Waals surface area contributed by atoms with E-state index >= 15 is 0 Å². The lowest BCUT2D eigenvalue weighted by molar-refractivity contribution is -0.384. The van der Waals surface area contributed by atoms with Gasteiger partial charge >= 0.3 is 5.69 Å². The van der Waals surface area contributed by atoms with Crippen molar-refractivity contribution in [1.29, 1.82) is 0 Å². The largest absolute Gasteiger partial charge is 0.312 e. The van der Waals surface area contributed by atoms with Crippen molar-refractivity contribution in [2.24, 2.45) is 0 Å². The molecule has 1 N–H and O–H groups in total. The van der Waals surface area contributed by atoms with Crippen LogP contribution in [0, 0.1) is 15.9 Å². The number of pyridine rings is 2. The summed E-state index contributed by atoms with van der Waals surface area (Å²) in [5.74, 6) is -1.44. The normalized spacial score (nSPS) is 11.1. The number of anilines is 1. The Bertz CT molecular complexity index is 814. The highest BCUT2D eigenvalue weighted by Gasteiger charge is 2.23. The third-order valence-corrected chi connectivity index (χ3v) is 3.77. The van der Waals surface area contributed by atoms with Gasteiger partial charge in [0.05, 0.1) is 11.1 Å². The van der Waals surface area contributed by atoms with Crippen molar-refractivity contribution in [3.05, 3.63) is 51.7 Å². The fraction of sp³-hybridized carbons (Fsp3) is 0. The Balaban J connectivity index is 2.46. The maximum Gasteiger partial charge on any atom is 0.312 e. The molecule has 110 valence electrons. The standard InChI is InChI=1S/C10H6ClFN4O4S/c11-9-2-1-8(16(17)18)10(14-9)15-21(19,20)7-3-6(12)4-13-5-7/h1-5H,(H,14,15). The molecular formula is C10H6ClFN4O4S. The molecule has 0 atom stereocenters. The molecule has 2 heterocycles. The van der Waals surface area contributed by atoms with E-state index < -0.39 is 37.2 Å². The molecule has 0 spiro atoms. The summed E-state index contributed by atoms with van der Waals surface area (Å²) in [4.78, 5) is 16.4. The molecule has 0 saturated carbocycles. The van der Waals surface area contributed by atoms with E-state index in [0.717, 1.165) is 24.5 Å². The molecule has 0 aliphatic heterocycles. The SMILES string of the molecule is O=[N+]([O-])c1ccc(Cl)nc1NS(=O)(=O)c1cncc(F)c1. The van der Waals surface area contributed by atoms with Gasteiger partial charge in [-0.2, -0.15) is 0 Å². The minimum absolute atomic E-state index is 0.143. The predicted molar refractivity (Wildman–Crippen MR) is 70.9 cm³/mol. The molecule has 0 saturated heterocycles. The number of sulfonamides is 1. The van der Waals surface area contributed by atoms with Crippen molar-refractivity contribution in [3.8, 4) is 0 Å². The van der Waals surface area contributed by atoms with Crippen LogP contribution in [-0.4, -0.2) is 23.3 Å². The van der Waals surface area contributed by atoms with Crippen LogP contribution < -0.4 is 4.72 Å². The lowest BCUT2D eigenvalue weighted by Crippen LogP contribution is -2.15. The van der Waals surface area contributed by atoms with Crippen LogP contribution in [0.2, 0.25) is 5.15 Å². The van der Waals surface area contributed by atoms with Crippen molar-refractivity contribution in [2.75, 3.05) is 4.72 Å². The van der Waals surface area contributed by atoms with Gasteiger partial charge in [0, 0.05) is 12.3 Å². The number of nitrogens with one attached hydrogen (secondary N) is 1. The zero-order chi connectivity index (χ0) is 15.6. The van der Waals surface area contributed by atoms with Gasteiger partial charge in [0.25, 0.3) is 10.0 Å². The highest BCUT2D eigenvalue weighted by atomic mass is 35.5. The zero-order valence-electron chi connectivity index (χ0n) is 10.0. The van der Waals surface area contributed by atoms with Crippen molar-refractivity contribution < 1.29 is 17.7 Å². The Hall–Kier alpha value is -2.33. The second-order valence-electron chi connectivity index (χ2n) is 3.70. The van der Waals surface area contributed by atoms with Crippen LogP contribution in [0.25, 0.3) is 0 Å². The van der Waals surface area contributed by atoms with Crippen LogP contribution in [0.15, 0.2) is 35.5 Å². The third kappa shape index (κ3) is 3.41. The van der Waals surface area contributed by atoms with Crippen molar-refractivity contribution in [2.45, 2.75) is 4.90 Å². The van der Waals surface area contributed by atoms with Crippen LogP contribution in [0.3, 0.4) is 0 Å². The fourth-order valence-electron chi connectivity index (χ4n) is 1.38. The molecule has 0 fully saturated rings. The molecular weight excluding hydrogens is 327 g/mol. The Morgan fingerprint density at radius 2 is 2.05 bits per heavy atom. The van der Waals surface area contributed by atoms with Crippen molar-refractivity contribution in [3.63, 3.8) is 0 Å². The van der Waals surface area contributed by atoms with Crippen LogP contribution in [0.4, 0.5) is 15.9 Å². The summed E-state index contributed by atoms with van der Waals surface area (Å²) in [5.41, 5.74) is -0.590. The van der Waals surface area contributed by atoms with E-state index in [-0.39, 0.29) is 5.15 Å². The summed E-state index contributed by atoms with van der Waals surface area (Å²) in [7, 11) is -4.29. The molecule has 8 nitrogen and oxygen atoms in total. The Morgan fingerprint density at radius 1 is 1.33 bits per heavy atom. The number of rotatable bonds is 4. The number of nitro groups is 1. The van der Waals surface area contributed by atoms with E-state index in [1.807, 2.05) is 4.72 Å². The van der Waals surface area contributed by atoms with Crippen LogP contribution in [0.1, 0.15) is 0 Å². The molecule has 21 heavy (non-hydrogen) atoms. The van der Waals surface area contributed by atoms with E-state index in [0.29, 0.717) is 6.07 Å². The number of hydrogen-bond acceptors (Lipinski definition) is 6. The maximum absolute atomic E-state index is 13.0. The number of halogens is 2. The number of nitrogens with zero attached hydrogens (tertiary/aromatic N) is 3. The van der Waals surface area contributed by atoms with Gasteiger partial charge in [-0.05, 0) is 12.1 Å². The van der Waals surface area contributed by atoms with Crippen LogP contribution in [0.5, 0.6) is 0 Å². The first kappa shape index (κ1) is 15.1. The molecule has 0 aromatic carbocycles. The summed E-state index contributed by atoms with van der Waals surface area (Å²) < 4.78 is 38.9. The Labute approximate surface area is 122 Å². The Kier molecular flexibility index (Phi) is 4.00. The van der Waals surface area contributed by atoms with Crippen LogP contribution in [-0.2, 0) is 10.0 Å². The van der Waals surface area contributed by atoms with E-state index in [1.54, 1.807) is 0 Å². The van der Waals surface area contributed by atoms with Gasteiger partial charge in [0.15, 0.2) is 0 Å². The molecule has 0 aliphatic carbocycles. The topological polar surface area (TPSA) is 115 Å². The number of hydrogen-bond donors (Lipinski definition) is 1. The molecule has 0 amide bonds. The van der Waals surface area contributed by atoms with E-state index in [4.69, 9.17) is 11.6 Å². The van der Waals surface area contributed by atoms with Gasteiger partial charge in [-0.25, -0.2) is 17.8 Å². The third-order valence-electron chi connectivity index (χ3n) is 2.26. The second-order valence-corrected chi connectivity index (χ2v) is 5.77. The molecule has 11 heteroatoms. The van der Waals surface area contributed by atoms with Gasteiger partial charge < -0.3 is 0 Å². The lowest BCUT2D eigenvalue weighted by atomic mass is 10.4. The average Bonchev–Trinajstić information content (AvgIpc) is 2.38. The first-order chi connectivity index (χ1) is 9.79. The molecule has 0 bridgehead atoms. The van der Waals surface area contributed by atoms with Gasteiger partial charge in [-0.15, -0.1) is 0 Å². The first-order valence-corrected chi connectivity index (χ1v) is 7.10. The average molecular weight is 333 g/mol. The lowest BCUT2D eigenvalue weighted by Gasteiger charge is -2.07. The molecule has 0 radical (unpaired) electrons. The molecule has 0 aliphatic rings. The fourth-order valence-corrected chi connectivity index (χ4v) is 2.51. The quantitative estimate of drug-likeness (QED) is 0.520. The van der Waals surface area contributed by atoms with Gasteiger partial charge in [-0.1, -0.05) is 11.6 Å². The monoisotopic (exact) mass is 332 g/mol. The summed E-state index contributed by atoms with van der Waals surface area (Å²) in [6.07, 6.45) is 1.71. The summed E-state index contributed by atoms with van der Waals surface area (Å²) in [6.45, 7) is 0. The smallest absolute Gasteiger partial charge is 0.260 e. The Morgan fingerprint density at radius 3 is 2.67 bits per heavy atom. The molecule has 2 aromatic rings. The first-order valence-electron chi connectivity index (χ1n) is 5.24. The van der Waals surface area contributed by atoms with E-state index in [9.17, 15) is 22.9 Å². The summed E-state index contributed by atoms with van der Waals surface area (Å²) >= 11 is 5.58. The number of aromatic nitrogens is 2. The van der Waals surface area contributed by atoms with Crippen LogP contribution >= 0.6 is 11.6 Å². The van der Waals surface area contributed by atoms with Crippen molar-refractivity contribution in [1.82, 2.24) is 9.97 Å². The zero-order valence-corrected chi connectivity index (χ0v) is 11.6. The molecule has 2 aromatic heterocycles. The molecule has 0 unspecified atom stereocenters. The predicted octanol–water partition coefficient (Wildman–Crippen LogP) is 1.98. The minimum atomic E-state index is -4.29. The van der Waals surface area contributed by atoms with Gasteiger partial charge in [-0.3, -0.25) is 19.8 Å². The second kappa shape index (κ2) is 5.58. The summed E-state index contributed by atoms with van der Waals surface area (Å²) in [5, 5.41) is 10.7.